The highest BCUT2D eigenvalue weighted by atomic mass is 35.5. The van der Waals surface area contributed by atoms with Crippen LogP contribution in [0.25, 0.3) is 32.1 Å². The molecule has 5 rings (SSSR count). The molecular weight excluding hydrogens is 501 g/mol. The Morgan fingerprint density at radius 1 is 1.09 bits per heavy atom. The fourth-order valence-electron chi connectivity index (χ4n) is 4.68. The van der Waals surface area contributed by atoms with E-state index in [1.54, 1.807) is 12.1 Å². The zero-order chi connectivity index (χ0) is 24.7. The van der Waals surface area contributed by atoms with E-state index in [0.717, 1.165) is 52.6 Å². The highest BCUT2D eigenvalue weighted by Crippen LogP contribution is 2.45. The maximum atomic E-state index is 13.2. The molecule has 0 atom stereocenters. The van der Waals surface area contributed by atoms with Crippen LogP contribution in [0.15, 0.2) is 61.3 Å². The Kier molecular flexibility index (Phi) is 6.55. The summed E-state index contributed by atoms with van der Waals surface area (Å²) in [7, 11) is 2.06. The van der Waals surface area contributed by atoms with E-state index in [0.29, 0.717) is 26.1 Å². The highest BCUT2D eigenvalue weighted by Gasteiger charge is 2.36. The number of benzene rings is 2. The summed E-state index contributed by atoms with van der Waals surface area (Å²) in [5, 5.41) is 4.71. The number of amides is 2. The first-order chi connectivity index (χ1) is 16.9. The van der Waals surface area contributed by atoms with Gasteiger partial charge in [0.2, 0.25) is 0 Å². The fraction of sp³-hybridized carbons (Fsp3) is 0.185. The van der Waals surface area contributed by atoms with Gasteiger partial charge in [-0.3, -0.25) is 14.9 Å². The van der Waals surface area contributed by atoms with Gasteiger partial charge in [0.1, 0.15) is 4.34 Å². The fourth-order valence-corrected chi connectivity index (χ4v) is 6.21. The number of aryl methyl sites for hydroxylation is 1. The van der Waals surface area contributed by atoms with Gasteiger partial charge < -0.3 is 9.47 Å². The molecule has 0 aliphatic carbocycles. The maximum absolute atomic E-state index is 13.2. The minimum atomic E-state index is -0.450. The number of imide groups is 1. The number of likely N-dealkylation sites (N-methyl/N-ethyl adjacent to an activating group) is 1. The summed E-state index contributed by atoms with van der Waals surface area (Å²) in [4.78, 5) is 28.5. The van der Waals surface area contributed by atoms with Gasteiger partial charge in [-0.05, 0) is 44.3 Å². The van der Waals surface area contributed by atoms with Gasteiger partial charge in [-0.15, -0.1) is 17.9 Å². The molecule has 0 bridgehead atoms. The summed E-state index contributed by atoms with van der Waals surface area (Å²) in [6.45, 7) is 6.31. The highest BCUT2D eigenvalue weighted by molar-refractivity contribution is 7.23. The second kappa shape index (κ2) is 9.63. The van der Waals surface area contributed by atoms with E-state index < -0.39 is 11.8 Å². The summed E-state index contributed by atoms with van der Waals surface area (Å²) in [6.07, 6.45) is 4.79. The van der Waals surface area contributed by atoms with E-state index in [2.05, 4.69) is 28.4 Å². The number of halogens is 2. The van der Waals surface area contributed by atoms with Crippen LogP contribution in [-0.4, -0.2) is 41.4 Å². The van der Waals surface area contributed by atoms with Gasteiger partial charge in [-0.1, -0.05) is 47.5 Å². The van der Waals surface area contributed by atoms with Crippen molar-refractivity contribution >= 4 is 78.5 Å². The largest absolute Gasteiger partial charge is 0.347 e. The van der Waals surface area contributed by atoms with Crippen LogP contribution in [0, 0.1) is 0 Å². The Morgan fingerprint density at radius 3 is 2.66 bits per heavy atom. The van der Waals surface area contributed by atoms with Gasteiger partial charge >= 0.3 is 0 Å². The third-order valence-electron chi connectivity index (χ3n) is 6.23. The first-order valence-electron chi connectivity index (χ1n) is 11.2. The Balaban J connectivity index is 1.66. The van der Waals surface area contributed by atoms with Crippen molar-refractivity contribution in [2.45, 2.75) is 13.0 Å². The van der Waals surface area contributed by atoms with E-state index in [-0.39, 0.29) is 0 Å². The Morgan fingerprint density at radius 2 is 1.86 bits per heavy atom. The van der Waals surface area contributed by atoms with Gasteiger partial charge in [0.25, 0.3) is 11.8 Å². The van der Waals surface area contributed by atoms with Crippen LogP contribution >= 0.6 is 34.5 Å². The molecule has 3 heterocycles. The van der Waals surface area contributed by atoms with Crippen LogP contribution in [0.2, 0.25) is 9.36 Å². The second-order valence-corrected chi connectivity index (χ2v) is 10.7. The maximum Gasteiger partial charge on any atom is 0.259 e. The molecule has 8 heteroatoms. The number of thiophene rings is 1. The van der Waals surface area contributed by atoms with Crippen LogP contribution in [-0.2, 0) is 16.1 Å². The third kappa shape index (κ3) is 4.32. The van der Waals surface area contributed by atoms with Crippen molar-refractivity contribution < 1.29 is 9.59 Å². The minimum Gasteiger partial charge on any atom is -0.347 e. The standard InChI is InChI=1S/C27H23Cl2N3O2S/c1-3-11-31(2)12-6-13-32-15-19(17-7-4-5-8-20(17)32)23-24(27(34)30-26(23)33)22-18-14-16(28)9-10-21(18)35-25(22)29/h3-5,7-10,14-15H,1,6,11-13H2,2H3,(H,30,33,34). The van der Waals surface area contributed by atoms with Crippen molar-refractivity contribution in [1.82, 2.24) is 14.8 Å². The zero-order valence-electron chi connectivity index (χ0n) is 19.1. The summed E-state index contributed by atoms with van der Waals surface area (Å²) < 4.78 is 3.50. The molecule has 1 aliphatic rings. The van der Waals surface area contributed by atoms with Gasteiger partial charge in [0.15, 0.2) is 0 Å². The summed E-state index contributed by atoms with van der Waals surface area (Å²) in [5.41, 5.74) is 2.92. The Labute approximate surface area is 217 Å². The third-order valence-corrected chi connectivity index (χ3v) is 7.84. The zero-order valence-corrected chi connectivity index (χ0v) is 21.4. The predicted octanol–water partition coefficient (Wildman–Crippen LogP) is 6.24. The molecule has 35 heavy (non-hydrogen) atoms. The first-order valence-corrected chi connectivity index (χ1v) is 12.8. The normalized spacial score (nSPS) is 14.1. The molecule has 0 fully saturated rings. The van der Waals surface area contributed by atoms with Crippen molar-refractivity contribution in [1.29, 1.82) is 0 Å². The van der Waals surface area contributed by atoms with Crippen LogP contribution in [0.1, 0.15) is 17.5 Å². The second-order valence-electron chi connectivity index (χ2n) is 8.58. The number of hydrogen-bond acceptors (Lipinski definition) is 4. The number of carbonyl (C=O) groups is 2. The molecule has 0 saturated heterocycles. The number of para-hydroxylation sites is 1. The molecule has 0 radical (unpaired) electrons. The average Bonchev–Trinajstić information content (AvgIpc) is 3.43. The molecule has 1 N–H and O–H groups in total. The predicted molar refractivity (Wildman–Crippen MR) is 146 cm³/mol. The van der Waals surface area contributed by atoms with Crippen molar-refractivity contribution in [3.8, 4) is 0 Å². The molecule has 0 unspecified atom stereocenters. The van der Waals surface area contributed by atoms with Crippen LogP contribution in [0.3, 0.4) is 0 Å². The molecule has 0 spiro atoms. The lowest BCUT2D eigenvalue weighted by Crippen LogP contribution is -2.22. The topological polar surface area (TPSA) is 54.3 Å². The number of carbonyl (C=O) groups excluding carboxylic acids is 2. The van der Waals surface area contributed by atoms with Gasteiger partial charge in [-0.25, -0.2) is 0 Å². The summed E-state index contributed by atoms with van der Waals surface area (Å²) >= 11 is 14.3. The lowest BCUT2D eigenvalue weighted by molar-refractivity contribution is -0.122. The van der Waals surface area contributed by atoms with Crippen LogP contribution in [0.5, 0.6) is 0 Å². The van der Waals surface area contributed by atoms with E-state index in [1.165, 1.54) is 11.3 Å². The smallest absolute Gasteiger partial charge is 0.259 e. The summed E-state index contributed by atoms with van der Waals surface area (Å²) in [6, 6.07) is 13.4. The quantitative estimate of drug-likeness (QED) is 0.219. The Bertz CT molecular complexity index is 1530. The van der Waals surface area contributed by atoms with Crippen molar-refractivity contribution in [3.05, 3.63) is 81.8 Å². The molecule has 0 saturated carbocycles. The molecule has 1 aliphatic heterocycles. The lowest BCUT2D eigenvalue weighted by Gasteiger charge is -2.14. The van der Waals surface area contributed by atoms with Gasteiger partial charge in [0, 0.05) is 56.4 Å². The van der Waals surface area contributed by atoms with E-state index in [9.17, 15) is 9.59 Å². The van der Waals surface area contributed by atoms with Gasteiger partial charge in [-0.2, -0.15) is 0 Å². The number of rotatable bonds is 8. The number of aromatic nitrogens is 1. The van der Waals surface area contributed by atoms with Crippen molar-refractivity contribution in [2.24, 2.45) is 0 Å². The van der Waals surface area contributed by atoms with Crippen LogP contribution in [0.4, 0.5) is 0 Å². The molecule has 2 aromatic heterocycles. The lowest BCUT2D eigenvalue weighted by atomic mass is 9.95. The molecule has 2 aromatic carbocycles. The van der Waals surface area contributed by atoms with Gasteiger partial charge in [0.05, 0.1) is 11.1 Å². The number of hydrogen-bond donors (Lipinski definition) is 1. The van der Waals surface area contributed by atoms with Crippen molar-refractivity contribution in [2.75, 3.05) is 20.1 Å². The number of nitrogens with one attached hydrogen (secondary N) is 1. The molecular formula is C27H23Cl2N3O2S. The van der Waals surface area contributed by atoms with E-state index in [1.807, 2.05) is 42.6 Å². The first kappa shape index (κ1) is 23.8. The Hall–Kier alpha value is -2.90. The summed E-state index contributed by atoms with van der Waals surface area (Å²) in [5.74, 6) is -0.870. The molecule has 2 amide bonds. The van der Waals surface area contributed by atoms with Crippen LogP contribution < -0.4 is 5.32 Å². The average molecular weight is 524 g/mol. The molecule has 178 valence electrons. The van der Waals surface area contributed by atoms with E-state index >= 15 is 0 Å². The minimum absolute atomic E-state index is 0.294. The number of nitrogens with zero attached hydrogens (tertiary/aromatic N) is 2. The number of fused-ring (bicyclic) bond motifs is 2. The van der Waals surface area contributed by atoms with Crippen molar-refractivity contribution in [3.63, 3.8) is 0 Å². The van der Waals surface area contributed by atoms with E-state index in [4.69, 9.17) is 23.2 Å². The monoisotopic (exact) mass is 523 g/mol. The molecule has 4 aromatic rings. The SMILES string of the molecule is C=CCN(C)CCCn1cc(C2=C(c3c(Cl)sc4ccc(Cl)cc34)C(=O)NC2=O)c2ccccc21. The molecule has 5 nitrogen and oxygen atoms in total.